The molecule has 0 spiro atoms. The number of aromatic nitrogens is 3. The van der Waals surface area contributed by atoms with E-state index in [1.807, 2.05) is 36.5 Å². The molecule has 2 aromatic heterocycles. The van der Waals surface area contributed by atoms with Crippen LogP contribution in [0.25, 0.3) is 33.6 Å². The van der Waals surface area contributed by atoms with Gasteiger partial charge < -0.3 is 9.97 Å². The molecule has 0 aliphatic carbocycles. The summed E-state index contributed by atoms with van der Waals surface area (Å²) in [5.74, 6) is 0.597. The Kier molecular flexibility index (Phi) is 3.40. The first kappa shape index (κ1) is 14.3. The molecule has 0 saturated carbocycles. The zero-order valence-electron chi connectivity index (χ0n) is 13.3. The first-order valence-corrected chi connectivity index (χ1v) is 7.96. The number of H-pyrrole nitrogens is 2. The maximum absolute atomic E-state index is 9.59. The summed E-state index contributed by atoms with van der Waals surface area (Å²) in [5.41, 5.74) is 5.72. The number of nitrogens with one attached hydrogen (secondary N) is 2. The Balaban J connectivity index is 1.85. The van der Waals surface area contributed by atoms with Crippen molar-refractivity contribution in [2.45, 2.75) is 13.3 Å². The molecule has 0 aliphatic heterocycles. The molecule has 0 fully saturated rings. The predicted molar refractivity (Wildman–Crippen MR) is 97.3 cm³/mol. The Hall–Kier alpha value is -3.32. The molecule has 2 aromatic carbocycles. The second-order valence-electron chi connectivity index (χ2n) is 5.71. The van der Waals surface area contributed by atoms with Crippen molar-refractivity contribution >= 4 is 33.6 Å². The van der Waals surface area contributed by atoms with Crippen molar-refractivity contribution in [3.63, 3.8) is 0 Å². The number of benzene rings is 2. The highest BCUT2D eigenvalue weighted by atomic mass is 14.9. The van der Waals surface area contributed by atoms with E-state index in [0.717, 1.165) is 33.9 Å². The molecule has 0 aliphatic rings. The van der Waals surface area contributed by atoms with E-state index < -0.39 is 0 Å². The fourth-order valence-electron chi connectivity index (χ4n) is 3.04. The number of aryl methyl sites for hydroxylation is 1. The van der Waals surface area contributed by atoms with E-state index in [-0.39, 0.29) is 0 Å². The minimum absolute atomic E-state index is 0.522. The average molecular weight is 312 g/mol. The van der Waals surface area contributed by atoms with Gasteiger partial charge in [-0.3, -0.25) is 0 Å². The van der Waals surface area contributed by atoms with E-state index in [4.69, 9.17) is 0 Å². The predicted octanol–water partition coefficient (Wildman–Crippen LogP) is 4.67. The number of nitrogens with zero attached hydrogens (tertiary/aromatic N) is 2. The van der Waals surface area contributed by atoms with Crippen LogP contribution in [0.4, 0.5) is 0 Å². The van der Waals surface area contributed by atoms with Crippen molar-refractivity contribution in [3.05, 3.63) is 65.6 Å². The highest BCUT2D eigenvalue weighted by Gasteiger charge is 2.10. The van der Waals surface area contributed by atoms with Gasteiger partial charge in [-0.1, -0.05) is 37.3 Å². The lowest BCUT2D eigenvalue weighted by Crippen LogP contribution is -1.85. The van der Waals surface area contributed by atoms with E-state index in [0.29, 0.717) is 11.4 Å². The second kappa shape index (κ2) is 5.71. The SMILES string of the molecule is CCc1cccc2c(C=C(C#N)c3nc4ccccc4[nH]3)c[nH]c12. The molecule has 116 valence electrons. The minimum Gasteiger partial charge on any atom is -0.360 e. The third kappa shape index (κ3) is 2.27. The highest BCUT2D eigenvalue weighted by Crippen LogP contribution is 2.26. The molecular formula is C20H16N4. The summed E-state index contributed by atoms with van der Waals surface area (Å²) in [6.45, 7) is 2.14. The van der Waals surface area contributed by atoms with Gasteiger partial charge in [0.05, 0.1) is 16.6 Å². The number of allylic oxidation sites excluding steroid dienone is 1. The van der Waals surface area contributed by atoms with Crippen molar-refractivity contribution in [1.82, 2.24) is 15.0 Å². The van der Waals surface area contributed by atoms with Crippen LogP contribution in [0.15, 0.2) is 48.7 Å². The van der Waals surface area contributed by atoms with Gasteiger partial charge in [0, 0.05) is 22.7 Å². The summed E-state index contributed by atoms with van der Waals surface area (Å²) in [6, 6.07) is 16.3. The number of aromatic amines is 2. The van der Waals surface area contributed by atoms with Gasteiger partial charge in [-0.2, -0.15) is 5.26 Å². The third-order valence-corrected chi connectivity index (χ3v) is 4.28. The summed E-state index contributed by atoms with van der Waals surface area (Å²) < 4.78 is 0. The van der Waals surface area contributed by atoms with E-state index >= 15 is 0 Å². The number of imidazole rings is 1. The Bertz CT molecular complexity index is 1070. The van der Waals surface area contributed by atoms with Gasteiger partial charge in [0.15, 0.2) is 0 Å². The second-order valence-corrected chi connectivity index (χ2v) is 5.71. The summed E-state index contributed by atoms with van der Waals surface area (Å²) in [5, 5.41) is 10.7. The fraction of sp³-hybridized carbons (Fsp3) is 0.100. The van der Waals surface area contributed by atoms with Crippen LogP contribution in [0.3, 0.4) is 0 Å². The van der Waals surface area contributed by atoms with Gasteiger partial charge in [-0.15, -0.1) is 0 Å². The van der Waals surface area contributed by atoms with Crippen LogP contribution >= 0.6 is 0 Å². The minimum atomic E-state index is 0.522. The number of hydrogen-bond donors (Lipinski definition) is 2. The maximum Gasteiger partial charge on any atom is 0.149 e. The molecule has 0 saturated heterocycles. The molecule has 4 rings (SSSR count). The molecule has 4 heteroatoms. The van der Waals surface area contributed by atoms with Crippen LogP contribution in [-0.2, 0) is 6.42 Å². The first-order chi connectivity index (χ1) is 11.8. The number of para-hydroxylation sites is 3. The van der Waals surface area contributed by atoms with Crippen LogP contribution in [0.5, 0.6) is 0 Å². The van der Waals surface area contributed by atoms with Crippen molar-refractivity contribution < 1.29 is 0 Å². The van der Waals surface area contributed by atoms with Crippen LogP contribution in [0.2, 0.25) is 0 Å². The topological polar surface area (TPSA) is 68.3 Å². The maximum atomic E-state index is 9.59. The summed E-state index contributed by atoms with van der Waals surface area (Å²) in [6.07, 6.45) is 4.80. The molecule has 4 nitrogen and oxygen atoms in total. The molecule has 0 amide bonds. The first-order valence-electron chi connectivity index (χ1n) is 7.96. The van der Waals surface area contributed by atoms with Crippen molar-refractivity contribution in [2.24, 2.45) is 0 Å². The Morgan fingerprint density at radius 3 is 2.88 bits per heavy atom. The molecular weight excluding hydrogens is 296 g/mol. The van der Waals surface area contributed by atoms with E-state index in [9.17, 15) is 5.26 Å². The monoisotopic (exact) mass is 312 g/mol. The zero-order chi connectivity index (χ0) is 16.5. The van der Waals surface area contributed by atoms with Crippen molar-refractivity contribution in [1.29, 1.82) is 5.26 Å². The molecule has 0 radical (unpaired) electrons. The summed E-state index contributed by atoms with van der Waals surface area (Å²) >= 11 is 0. The average Bonchev–Trinajstić information content (AvgIpc) is 3.23. The standard InChI is InChI=1S/C20H16N4/c1-2-13-6-5-7-16-15(12-22-19(13)16)10-14(11-21)20-23-17-8-3-4-9-18(17)24-20/h3-10,12,22H,2H2,1H3,(H,23,24). The number of rotatable bonds is 3. The summed E-state index contributed by atoms with van der Waals surface area (Å²) in [4.78, 5) is 11.1. The Labute approximate surface area is 139 Å². The lowest BCUT2D eigenvalue weighted by molar-refractivity contribution is 1.15. The molecule has 0 unspecified atom stereocenters. The molecule has 2 N–H and O–H groups in total. The molecule has 24 heavy (non-hydrogen) atoms. The summed E-state index contributed by atoms with van der Waals surface area (Å²) in [7, 11) is 0. The number of hydrogen-bond acceptors (Lipinski definition) is 2. The number of nitriles is 1. The van der Waals surface area contributed by atoms with Crippen LogP contribution in [-0.4, -0.2) is 15.0 Å². The van der Waals surface area contributed by atoms with Gasteiger partial charge >= 0.3 is 0 Å². The quantitative estimate of drug-likeness (QED) is 0.540. The van der Waals surface area contributed by atoms with Crippen LogP contribution in [0, 0.1) is 11.3 Å². The smallest absolute Gasteiger partial charge is 0.149 e. The van der Waals surface area contributed by atoms with Crippen molar-refractivity contribution in [3.8, 4) is 6.07 Å². The molecule has 0 atom stereocenters. The van der Waals surface area contributed by atoms with Crippen molar-refractivity contribution in [2.75, 3.05) is 0 Å². The van der Waals surface area contributed by atoms with Gasteiger partial charge in [0.2, 0.25) is 0 Å². The Morgan fingerprint density at radius 2 is 2.08 bits per heavy atom. The van der Waals surface area contributed by atoms with E-state index in [1.54, 1.807) is 0 Å². The highest BCUT2D eigenvalue weighted by molar-refractivity contribution is 5.98. The molecule has 0 bridgehead atoms. The number of fused-ring (bicyclic) bond motifs is 2. The van der Waals surface area contributed by atoms with Gasteiger partial charge in [-0.05, 0) is 30.2 Å². The fourth-order valence-corrected chi connectivity index (χ4v) is 3.04. The van der Waals surface area contributed by atoms with Crippen LogP contribution in [0.1, 0.15) is 23.9 Å². The largest absolute Gasteiger partial charge is 0.360 e. The van der Waals surface area contributed by atoms with E-state index in [1.165, 1.54) is 5.56 Å². The molecule has 2 heterocycles. The van der Waals surface area contributed by atoms with Gasteiger partial charge in [0.25, 0.3) is 0 Å². The third-order valence-electron chi connectivity index (χ3n) is 4.28. The van der Waals surface area contributed by atoms with Gasteiger partial charge in [0.1, 0.15) is 11.9 Å². The normalized spacial score (nSPS) is 11.9. The van der Waals surface area contributed by atoms with Crippen LogP contribution < -0.4 is 0 Å². The lowest BCUT2D eigenvalue weighted by Gasteiger charge is -1.99. The molecule has 4 aromatic rings. The Morgan fingerprint density at radius 1 is 1.21 bits per heavy atom. The zero-order valence-corrected chi connectivity index (χ0v) is 13.3. The van der Waals surface area contributed by atoms with E-state index in [2.05, 4.69) is 46.1 Å². The lowest BCUT2D eigenvalue weighted by atomic mass is 10.1. The van der Waals surface area contributed by atoms with Gasteiger partial charge in [-0.25, -0.2) is 4.98 Å².